The van der Waals surface area contributed by atoms with Gasteiger partial charge in [0.25, 0.3) is 0 Å². The molecule has 34 heavy (non-hydrogen) atoms. The number of nitrogens with zero attached hydrogens (tertiary/aromatic N) is 3. The van der Waals surface area contributed by atoms with Crippen LogP contribution in [0.25, 0.3) is 22.4 Å². The minimum Gasteiger partial charge on any atom is -0.496 e. The quantitative estimate of drug-likeness (QED) is 0.586. The van der Waals surface area contributed by atoms with Crippen molar-refractivity contribution in [3.8, 4) is 28.1 Å². The molecule has 0 saturated heterocycles. The molecule has 2 aromatic heterocycles. The lowest BCUT2D eigenvalue weighted by atomic mass is 9.78. The molecular weight excluding hydrogens is 451 g/mol. The molecule has 3 aromatic rings. The van der Waals surface area contributed by atoms with Crippen molar-refractivity contribution in [2.45, 2.75) is 46.0 Å². The highest BCUT2D eigenvalue weighted by Gasteiger charge is 2.34. The minimum absolute atomic E-state index is 0.164. The second kappa shape index (κ2) is 8.03. The van der Waals surface area contributed by atoms with Crippen molar-refractivity contribution in [3.63, 3.8) is 0 Å². The first-order valence-electron chi connectivity index (χ1n) is 10.6. The number of ether oxygens (including phenoxy) is 1. The monoisotopic (exact) mass is 475 g/mol. The number of fused-ring (bicyclic) bond motifs is 3. The van der Waals surface area contributed by atoms with E-state index in [0.29, 0.717) is 34.6 Å². The van der Waals surface area contributed by atoms with Crippen LogP contribution in [0.3, 0.4) is 0 Å². The van der Waals surface area contributed by atoms with Crippen LogP contribution in [0.5, 0.6) is 5.75 Å². The number of hydrogen-bond donors (Lipinski definition) is 1. The molecule has 1 aliphatic rings. The maximum Gasteiger partial charge on any atom is 0.408 e. The first-order chi connectivity index (χ1) is 15.8. The summed E-state index contributed by atoms with van der Waals surface area (Å²) in [5.41, 5.74) is 2.02. The molecule has 0 spiro atoms. The van der Waals surface area contributed by atoms with Crippen LogP contribution in [0, 0.1) is 5.41 Å². The smallest absolute Gasteiger partial charge is 0.408 e. The second-order valence-corrected chi connectivity index (χ2v) is 9.49. The number of pyridine rings is 1. The van der Waals surface area contributed by atoms with Crippen molar-refractivity contribution in [2.24, 2.45) is 5.41 Å². The van der Waals surface area contributed by atoms with E-state index in [0.717, 1.165) is 10.2 Å². The van der Waals surface area contributed by atoms with Crippen LogP contribution in [0.15, 0.2) is 41.6 Å². The highest BCUT2D eigenvalue weighted by atomic mass is 19.4. The summed E-state index contributed by atoms with van der Waals surface area (Å²) >= 11 is 0. The molecule has 180 valence electrons. The minimum atomic E-state index is -4.39. The molecule has 0 fully saturated rings. The zero-order chi connectivity index (χ0) is 25.0. The van der Waals surface area contributed by atoms with Gasteiger partial charge in [-0.1, -0.05) is 20.8 Å². The average molecular weight is 475 g/mol. The van der Waals surface area contributed by atoms with Gasteiger partial charge in [0.15, 0.2) is 5.43 Å². The Morgan fingerprint density at radius 3 is 2.47 bits per heavy atom. The third-order valence-electron chi connectivity index (χ3n) is 6.05. The van der Waals surface area contributed by atoms with Crippen molar-refractivity contribution in [1.82, 2.24) is 14.3 Å². The lowest BCUT2D eigenvalue weighted by Crippen LogP contribution is -2.32. The number of benzene rings is 1. The van der Waals surface area contributed by atoms with Gasteiger partial charge in [-0.05, 0) is 29.5 Å². The van der Waals surface area contributed by atoms with E-state index < -0.39 is 24.1 Å². The van der Waals surface area contributed by atoms with Crippen molar-refractivity contribution < 1.29 is 27.8 Å². The molecule has 0 radical (unpaired) electrons. The van der Waals surface area contributed by atoms with Crippen molar-refractivity contribution in [2.75, 3.05) is 7.11 Å². The summed E-state index contributed by atoms with van der Waals surface area (Å²) < 4.78 is 46.5. The molecule has 1 unspecified atom stereocenters. The third-order valence-corrected chi connectivity index (χ3v) is 6.05. The molecule has 0 aliphatic carbocycles. The maximum absolute atomic E-state index is 12.8. The Morgan fingerprint density at radius 1 is 1.18 bits per heavy atom. The molecule has 1 atom stereocenters. The van der Waals surface area contributed by atoms with Crippen molar-refractivity contribution in [3.05, 3.63) is 58.1 Å². The number of hydrogen-bond acceptors (Lipinski definition) is 4. The number of alkyl halides is 3. The summed E-state index contributed by atoms with van der Waals surface area (Å²) in [5.74, 6) is -0.886. The molecule has 3 heterocycles. The predicted octanol–water partition coefficient (Wildman–Crippen LogP) is 4.79. The zero-order valence-corrected chi connectivity index (χ0v) is 19.1. The largest absolute Gasteiger partial charge is 0.496 e. The van der Waals surface area contributed by atoms with Crippen molar-refractivity contribution in [1.29, 1.82) is 0 Å². The Labute approximate surface area is 193 Å². The van der Waals surface area contributed by atoms with E-state index in [9.17, 15) is 27.9 Å². The summed E-state index contributed by atoms with van der Waals surface area (Å²) in [4.78, 5) is 24.1. The Balaban J connectivity index is 1.90. The molecule has 7 nitrogen and oxygen atoms in total. The molecule has 0 bridgehead atoms. The van der Waals surface area contributed by atoms with E-state index in [2.05, 4.69) is 5.10 Å². The Morgan fingerprint density at radius 2 is 1.88 bits per heavy atom. The van der Waals surface area contributed by atoms with Gasteiger partial charge < -0.3 is 14.4 Å². The van der Waals surface area contributed by atoms with Gasteiger partial charge in [0.05, 0.1) is 19.0 Å². The van der Waals surface area contributed by atoms with Crippen LogP contribution >= 0.6 is 0 Å². The SMILES string of the molecule is COc1cc2c(cc1-c1cnn(CC(F)(F)F)c1)CC(C(C)(C)C)n1cc(C(=O)O)c(=O)cc1-2. The number of rotatable bonds is 4. The zero-order valence-electron chi connectivity index (χ0n) is 19.1. The number of methoxy groups -OCH3 is 1. The predicted molar refractivity (Wildman–Crippen MR) is 119 cm³/mol. The molecule has 0 amide bonds. The Hall–Kier alpha value is -3.56. The van der Waals surface area contributed by atoms with Gasteiger partial charge >= 0.3 is 12.1 Å². The molecule has 0 saturated carbocycles. The van der Waals surface area contributed by atoms with E-state index in [1.54, 1.807) is 6.07 Å². The van der Waals surface area contributed by atoms with Crippen LogP contribution in [0.4, 0.5) is 13.2 Å². The molecular formula is C24H24F3N3O4. The fourth-order valence-corrected chi connectivity index (χ4v) is 4.41. The lowest BCUT2D eigenvalue weighted by molar-refractivity contribution is -0.142. The summed E-state index contributed by atoms with van der Waals surface area (Å²) in [5, 5.41) is 13.3. The normalized spacial score (nSPS) is 15.6. The van der Waals surface area contributed by atoms with Crippen LogP contribution in [0.1, 0.15) is 42.7 Å². The first-order valence-corrected chi connectivity index (χ1v) is 10.6. The lowest BCUT2D eigenvalue weighted by Gasteiger charge is -2.39. The summed E-state index contributed by atoms with van der Waals surface area (Å²) in [7, 11) is 1.45. The van der Waals surface area contributed by atoms with Gasteiger partial charge in [-0.2, -0.15) is 18.3 Å². The van der Waals surface area contributed by atoms with Gasteiger partial charge in [-0.25, -0.2) is 4.79 Å². The Kier molecular flexibility index (Phi) is 5.58. The van der Waals surface area contributed by atoms with Crippen LogP contribution in [-0.4, -0.2) is 38.7 Å². The summed E-state index contributed by atoms with van der Waals surface area (Å²) in [6.45, 7) is 4.87. The van der Waals surface area contributed by atoms with Gasteiger partial charge in [-0.15, -0.1) is 0 Å². The number of aromatic carboxylic acids is 1. The van der Waals surface area contributed by atoms with Crippen LogP contribution in [-0.2, 0) is 13.0 Å². The molecule has 1 N–H and O–H groups in total. The van der Waals surface area contributed by atoms with Crippen LogP contribution in [0.2, 0.25) is 0 Å². The number of aromatic nitrogens is 3. The summed E-state index contributed by atoms with van der Waals surface area (Å²) in [6.07, 6.45) is 0.202. The number of halogens is 3. The van der Waals surface area contributed by atoms with E-state index in [4.69, 9.17) is 4.74 Å². The molecule has 10 heteroatoms. The van der Waals surface area contributed by atoms with E-state index in [1.807, 2.05) is 31.4 Å². The topological polar surface area (TPSA) is 86.3 Å². The van der Waals surface area contributed by atoms with Crippen molar-refractivity contribution >= 4 is 5.97 Å². The molecule has 4 rings (SSSR count). The fraction of sp³-hybridized carbons (Fsp3) is 0.375. The number of carbonyl (C=O) groups is 1. The fourth-order valence-electron chi connectivity index (χ4n) is 4.41. The van der Waals surface area contributed by atoms with Gasteiger partial charge in [0, 0.05) is 41.2 Å². The maximum atomic E-state index is 12.8. The Bertz CT molecular complexity index is 1330. The second-order valence-electron chi connectivity index (χ2n) is 9.49. The molecule has 1 aromatic carbocycles. The summed E-state index contributed by atoms with van der Waals surface area (Å²) in [6, 6.07) is 4.74. The molecule has 1 aliphatic heterocycles. The first kappa shape index (κ1) is 23.6. The van der Waals surface area contributed by atoms with E-state index in [1.165, 1.54) is 31.8 Å². The third kappa shape index (κ3) is 4.32. The average Bonchev–Trinajstić information content (AvgIpc) is 3.17. The highest BCUT2D eigenvalue weighted by Crippen LogP contribution is 2.45. The van der Waals surface area contributed by atoms with E-state index >= 15 is 0 Å². The van der Waals surface area contributed by atoms with Gasteiger partial charge in [0.2, 0.25) is 0 Å². The highest BCUT2D eigenvalue weighted by molar-refractivity contribution is 5.88. The van der Waals surface area contributed by atoms with E-state index in [-0.39, 0.29) is 17.0 Å². The van der Waals surface area contributed by atoms with Gasteiger partial charge in [0.1, 0.15) is 17.9 Å². The van der Waals surface area contributed by atoms with Gasteiger partial charge in [-0.3, -0.25) is 9.48 Å². The number of carboxylic acid groups (broad SMARTS) is 1. The standard InChI is InChI=1S/C24H24F3N3O4/c1-23(2,3)21-6-13-5-16(14-9-28-29(10-14)12-24(25,26)27)20(34-4)7-15(13)18-8-19(31)17(22(32)33)11-30(18)21/h5,7-11,21H,6,12H2,1-4H3,(H,32,33). The number of carboxylic acids is 1. The van der Waals surface area contributed by atoms with Crippen LogP contribution < -0.4 is 10.2 Å².